The van der Waals surface area contributed by atoms with Crippen molar-refractivity contribution in [2.45, 2.75) is 0 Å². The van der Waals surface area contributed by atoms with E-state index in [1.54, 1.807) is 11.3 Å². The van der Waals surface area contributed by atoms with E-state index in [0.717, 1.165) is 60.0 Å². The van der Waals surface area contributed by atoms with Crippen molar-refractivity contribution in [3.8, 4) is 39.5 Å². The lowest BCUT2D eigenvalue weighted by Crippen LogP contribution is -1.95. The fourth-order valence-corrected chi connectivity index (χ4v) is 9.67. The number of fused-ring (bicyclic) bond motifs is 11. The van der Waals surface area contributed by atoms with E-state index in [4.69, 9.17) is 14.4 Å². The molecule has 0 saturated carbocycles. The molecular formula is C50H29N3OS. The second kappa shape index (κ2) is 11.7. The van der Waals surface area contributed by atoms with Crippen LogP contribution in [0.1, 0.15) is 0 Å². The molecule has 4 aromatic heterocycles. The molecule has 5 heteroatoms. The fraction of sp³-hybridized carbons (Fsp3) is 0. The first-order valence-electron chi connectivity index (χ1n) is 18.5. The van der Waals surface area contributed by atoms with E-state index in [1.165, 1.54) is 48.4 Å². The lowest BCUT2D eigenvalue weighted by atomic mass is 10.0. The summed E-state index contributed by atoms with van der Waals surface area (Å²) in [5.74, 6) is 0.681. The highest BCUT2D eigenvalue weighted by Crippen LogP contribution is 2.43. The molecule has 256 valence electrons. The van der Waals surface area contributed by atoms with Gasteiger partial charge in [-0.1, -0.05) is 133 Å². The summed E-state index contributed by atoms with van der Waals surface area (Å²) in [5, 5.41) is 8.17. The van der Waals surface area contributed by atoms with Gasteiger partial charge < -0.3 is 8.98 Å². The molecule has 0 bridgehead atoms. The van der Waals surface area contributed by atoms with Crippen LogP contribution in [0.2, 0.25) is 0 Å². The van der Waals surface area contributed by atoms with Crippen molar-refractivity contribution in [1.82, 2.24) is 14.5 Å². The van der Waals surface area contributed by atoms with E-state index < -0.39 is 0 Å². The second-order valence-electron chi connectivity index (χ2n) is 14.1. The highest BCUT2D eigenvalue weighted by atomic mass is 32.1. The normalized spacial score (nSPS) is 12.0. The van der Waals surface area contributed by atoms with Gasteiger partial charge in [-0.25, -0.2) is 9.97 Å². The van der Waals surface area contributed by atoms with Crippen LogP contribution in [0.25, 0.3) is 114 Å². The molecule has 4 heterocycles. The Morgan fingerprint density at radius 3 is 2.11 bits per heavy atom. The topological polar surface area (TPSA) is 43.9 Å². The summed E-state index contributed by atoms with van der Waals surface area (Å²) in [7, 11) is 0. The molecule has 0 atom stereocenters. The van der Waals surface area contributed by atoms with Gasteiger partial charge in [0.05, 0.1) is 26.9 Å². The molecule has 55 heavy (non-hydrogen) atoms. The lowest BCUT2D eigenvalue weighted by Gasteiger charge is -2.10. The van der Waals surface area contributed by atoms with Crippen molar-refractivity contribution in [3.63, 3.8) is 0 Å². The minimum atomic E-state index is 0.681. The van der Waals surface area contributed by atoms with Crippen molar-refractivity contribution in [1.29, 1.82) is 0 Å². The number of benzene rings is 8. The molecular weight excluding hydrogens is 691 g/mol. The highest BCUT2D eigenvalue weighted by molar-refractivity contribution is 7.26. The van der Waals surface area contributed by atoms with Crippen LogP contribution in [0.3, 0.4) is 0 Å². The zero-order valence-corrected chi connectivity index (χ0v) is 30.2. The Labute approximate surface area is 319 Å². The summed E-state index contributed by atoms with van der Waals surface area (Å²) in [6, 6.07) is 62.4. The summed E-state index contributed by atoms with van der Waals surface area (Å²) < 4.78 is 11.2. The number of furan rings is 1. The van der Waals surface area contributed by atoms with Crippen LogP contribution in [0.4, 0.5) is 0 Å². The third-order valence-corrected chi connectivity index (χ3v) is 12.2. The standard InChI is InChI=1S/C50H29N3OS/c1-2-11-30(12-3-1)31-21-23-33(24-22-31)47-49-48(37-16-7-9-20-44(37)55-49)52-50(51-47)38-17-10-19-43-46(38)39-29-34(26-28-42(39)54-43)53-40-18-8-6-15-36(40)45-35-14-5-4-13-32(35)25-27-41(45)53/h1-29H. The maximum absolute atomic E-state index is 6.57. The lowest BCUT2D eigenvalue weighted by molar-refractivity contribution is 0.669. The van der Waals surface area contributed by atoms with E-state index in [-0.39, 0.29) is 0 Å². The molecule has 0 saturated heterocycles. The number of hydrogen-bond donors (Lipinski definition) is 0. The summed E-state index contributed by atoms with van der Waals surface area (Å²) in [6.07, 6.45) is 0. The second-order valence-corrected chi connectivity index (χ2v) is 15.2. The summed E-state index contributed by atoms with van der Waals surface area (Å²) in [5.41, 5.74) is 11.3. The fourth-order valence-electron chi connectivity index (χ4n) is 8.52. The quantitative estimate of drug-likeness (QED) is 0.182. The van der Waals surface area contributed by atoms with Gasteiger partial charge in [0, 0.05) is 48.4 Å². The Bertz CT molecular complexity index is 3480. The summed E-state index contributed by atoms with van der Waals surface area (Å²) in [6.45, 7) is 0. The van der Waals surface area contributed by atoms with Crippen LogP contribution in [0, 0.1) is 0 Å². The Balaban J connectivity index is 1.09. The maximum Gasteiger partial charge on any atom is 0.161 e. The van der Waals surface area contributed by atoms with Crippen LogP contribution in [-0.2, 0) is 0 Å². The molecule has 0 aliphatic heterocycles. The van der Waals surface area contributed by atoms with Gasteiger partial charge in [0.15, 0.2) is 5.82 Å². The van der Waals surface area contributed by atoms with E-state index in [9.17, 15) is 0 Å². The third-order valence-electron chi connectivity index (χ3n) is 11.0. The first-order valence-corrected chi connectivity index (χ1v) is 19.3. The number of thiophene rings is 1. The zero-order chi connectivity index (χ0) is 36.0. The van der Waals surface area contributed by atoms with Gasteiger partial charge in [-0.3, -0.25) is 0 Å². The predicted octanol–water partition coefficient (Wildman–Crippen LogP) is 14.0. The van der Waals surface area contributed by atoms with Gasteiger partial charge in [0.2, 0.25) is 0 Å². The molecule has 0 unspecified atom stereocenters. The average Bonchev–Trinajstić information content (AvgIpc) is 3.93. The maximum atomic E-state index is 6.57. The highest BCUT2D eigenvalue weighted by Gasteiger charge is 2.21. The minimum absolute atomic E-state index is 0.681. The van der Waals surface area contributed by atoms with Gasteiger partial charge in [-0.15, -0.1) is 11.3 Å². The van der Waals surface area contributed by atoms with Crippen molar-refractivity contribution in [2.75, 3.05) is 0 Å². The molecule has 0 radical (unpaired) electrons. The molecule has 0 aliphatic rings. The van der Waals surface area contributed by atoms with Crippen LogP contribution in [0.5, 0.6) is 0 Å². The third kappa shape index (κ3) is 4.57. The molecule has 8 aromatic carbocycles. The van der Waals surface area contributed by atoms with Gasteiger partial charge in [-0.2, -0.15) is 0 Å². The number of nitrogens with zero attached hydrogens (tertiary/aromatic N) is 3. The van der Waals surface area contributed by atoms with Gasteiger partial charge >= 0.3 is 0 Å². The largest absolute Gasteiger partial charge is 0.456 e. The molecule has 4 nitrogen and oxygen atoms in total. The van der Waals surface area contributed by atoms with Crippen molar-refractivity contribution >= 4 is 86.2 Å². The van der Waals surface area contributed by atoms with E-state index >= 15 is 0 Å². The summed E-state index contributed by atoms with van der Waals surface area (Å²) in [4.78, 5) is 10.8. The van der Waals surface area contributed by atoms with Crippen LogP contribution >= 0.6 is 11.3 Å². The molecule has 0 fully saturated rings. The molecule has 0 amide bonds. The molecule has 0 N–H and O–H groups in total. The Morgan fingerprint density at radius 2 is 1.22 bits per heavy atom. The van der Waals surface area contributed by atoms with E-state index in [0.29, 0.717) is 5.82 Å². The predicted molar refractivity (Wildman–Crippen MR) is 230 cm³/mol. The number of aromatic nitrogens is 3. The smallest absolute Gasteiger partial charge is 0.161 e. The molecule has 12 aromatic rings. The average molecular weight is 720 g/mol. The zero-order valence-electron chi connectivity index (χ0n) is 29.4. The first-order chi connectivity index (χ1) is 27.3. The Hall–Kier alpha value is -7.08. The van der Waals surface area contributed by atoms with Crippen LogP contribution in [0.15, 0.2) is 180 Å². The van der Waals surface area contributed by atoms with Gasteiger partial charge in [-0.05, 0) is 64.4 Å². The minimum Gasteiger partial charge on any atom is -0.456 e. The first kappa shape index (κ1) is 30.4. The van der Waals surface area contributed by atoms with E-state index in [1.807, 2.05) is 12.1 Å². The molecule has 0 spiro atoms. The SMILES string of the molecule is c1ccc(-c2ccc(-c3nc(-c4cccc5oc6ccc(-n7c8ccccc8c8c9ccccc9ccc87)cc6c45)nc4c3sc3ccccc34)cc2)cc1. The number of para-hydroxylation sites is 1. The van der Waals surface area contributed by atoms with Crippen LogP contribution in [-0.4, -0.2) is 14.5 Å². The molecule has 0 aliphatic carbocycles. The number of hydrogen-bond acceptors (Lipinski definition) is 4. The van der Waals surface area contributed by atoms with Crippen molar-refractivity contribution in [3.05, 3.63) is 176 Å². The monoisotopic (exact) mass is 719 g/mol. The van der Waals surface area contributed by atoms with Gasteiger partial charge in [0.25, 0.3) is 0 Å². The van der Waals surface area contributed by atoms with Crippen molar-refractivity contribution < 1.29 is 4.42 Å². The molecule has 12 rings (SSSR count). The number of rotatable bonds is 4. The summed E-state index contributed by atoms with van der Waals surface area (Å²) >= 11 is 1.75. The Kier molecular flexibility index (Phi) is 6.47. The van der Waals surface area contributed by atoms with Crippen molar-refractivity contribution in [2.24, 2.45) is 0 Å². The van der Waals surface area contributed by atoms with Gasteiger partial charge in [0.1, 0.15) is 11.2 Å². The van der Waals surface area contributed by atoms with E-state index in [2.05, 4.69) is 168 Å². The van der Waals surface area contributed by atoms with Crippen LogP contribution < -0.4 is 0 Å². The Morgan fingerprint density at radius 1 is 0.473 bits per heavy atom.